The molecule has 0 radical (unpaired) electrons. The molecule has 0 saturated heterocycles. The number of hydrogen-bond donors (Lipinski definition) is 0. The molecule has 0 aromatic heterocycles. The molecule has 88 heavy (non-hydrogen) atoms. The van der Waals surface area contributed by atoms with Gasteiger partial charge in [-0.2, -0.15) is 0 Å². The molecule has 0 N–H and O–H groups in total. The van der Waals surface area contributed by atoms with E-state index >= 15 is 0 Å². The fourth-order valence-corrected chi connectivity index (χ4v) is 17.4. The average molecular weight is 1190 g/mol. The Kier molecular flexibility index (Phi) is 16.6. The van der Waals surface area contributed by atoms with E-state index in [-0.39, 0.29) is 5.41 Å². The van der Waals surface area contributed by atoms with Crippen molar-refractivity contribution in [1.29, 1.82) is 0 Å². The van der Waals surface area contributed by atoms with Crippen molar-refractivity contribution >= 4 is 46.1 Å². The number of methoxy groups -OCH3 is 2. The smallest absolute Gasteiger partial charge is 0.171 e. The van der Waals surface area contributed by atoms with Gasteiger partial charge in [0.05, 0.1) is 19.6 Å². The summed E-state index contributed by atoms with van der Waals surface area (Å²) in [5.74, 6) is 4.54. The maximum atomic E-state index is 14.9. The predicted octanol–water partition coefficient (Wildman–Crippen LogP) is 17.6. The minimum Gasteiger partial charge on any atom is -0.497 e. The van der Waals surface area contributed by atoms with E-state index in [0.717, 1.165) is 71.5 Å². The van der Waals surface area contributed by atoms with Crippen molar-refractivity contribution in [2.75, 3.05) is 14.2 Å². The average Bonchev–Trinajstić information content (AvgIpc) is 1.56. The van der Waals surface area contributed by atoms with Gasteiger partial charge in [-0.05, 0) is 155 Å². The number of fused-ring (bicyclic) bond motifs is 3. The first kappa shape index (κ1) is 58.7. The van der Waals surface area contributed by atoms with Gasteiger partial charge in [-0.3, -0.25) is 0 Å². The molecular weight excluding hydrogens is 1120 g/mol. The van der Waals surface area contributed by atoms with Crippen molar-refractivity contribution in [1.82, 2.24) is 0 Å². The fourth-order valence-electron chi connectivity index (χ4n) is 12.2. The Labute approximate surface area is 517 Å². The molecule has 2 unspecified atom stereocenters. The van der Waals surface area contributed by atoms with E-state index in [2.05, 4.69) is 111 Å². The summed E-state index contributed by atoms with van der Waals surface area (Å²) in [5, 5.41) is 4.81. The van der Waals surface area contributed by atoms with Crippen molar-refractivity contribution < 1.29 is 28.1 Å². The second kappa shape index (κ2) is 25.0. The highest BCUT2D eigenvalue weighted by atomic mass is 31.2. The van der Waals surface area contributed by atoms with E-state index in [1.165, 1.54) is 38.9 Å². The summed E-state index contributed by atoms with van der Waals surface area (Å²) in [4.78, 5) is 0. The van der Waals surface area contributed by atoms with Crippen LogP contribution in [0, 0.1) is 13.8 Å². The summed E-state index contributed by atoms with van der Waals surface area (Å²) < 4.78 is 52.9. The zero-order chi connectivity index (χ0) is 60.9. The van der Waals surface area contributed by atoms with Gasteiger partial charge in [0.1, 0.15) is 34.5 Å². The van der Waals surface area contributed by atoms with Crippen LogP contribution < -0.4 is 50.8 Å². The first-order valence-corrected chi connectivity index (χ1v) is 33.0. The molecule has 13 rings (SSSR count). The highest BCUT2D eigenvalue weighted by Crippen LogP contribution is 2.56. The third kappa shape index (κ3) is 11.2. The van der Waals surface area contributed by atoms with Gasteiger partial charge in [0.15, 0.2) is 14.3 Å². The minimum atomic E-state index is -3.08. The van der Waals surface area contributed by atoms with Gasteiger partial charge >= 0.3 is 0 Å². The largest absolute Gasteiger partial charge is 0.497 e. The van der Waals surface area contributed by atoms with Crippen molar-refractivity contribution in [3.8, 4) is 45.6 Å². The van der Waals surface area contributed by atoms with Crippen LogP contribution in [0.2, 0.25) is 0 Å². The van der Waals surface area contributed by atoms with Gasteiger partial charge in [-0.25, -0.2) is 0 Å². The molecule has 1 aliphatic rings. The lowest BCUT2D eigenvalue weighted by atomic mass is 9.68. The number of benzene rings is 12. The molecular formula is C80H68O6P2. The van der Waals surface area contributed by atoms with Crippen molar-refractivity contribution in [2.24, 2.45) is 0 Å². The molecule has 1 aliphatic carbocycles. The molecule has 8 heteroatoms. The lowest BCUT2D eigenvalue weighted by molar-refractivity contribution is 0.414. The topological polar surface area (TPSA) is 71.1 Å². The van der Waals surface area contributed by atoms with E-state index in [9.17, 15) is 9.13 Å². The molecule has 0 saturated carbocycles. The highest BCUT2D eigenvalue weighted by Gasteiger charge is 2.46. The lowest BCUT2D eigenvalue weighted by Gasteiger charge is -2.34. The summed E-state index contributed by atoms with van der Waals surface area (Å²) in [5.41, 5.74) is 11.3. The van der Waals surface area contributed by atoms with Gasteiger partial charge in [0, 0.05) is 37.2 Å². The van der Waals surface area contributed by atoms with Crippen LogP contribution in [0.3, 0.4) is 0 Å². The Morgan fingerprint density at radius 1 is 0.295 bits per heavy atom. The first-order chi connectivity index (χ1) is 42.8. The zero-order valence-electron chi connectivity index (χ0n) is 50.2. The monoisotopic (exact) mass is 1190 g/mol. The van der Waals surface area contributed by atoms with E-state index in [1.807, 2.05) is 220 Å². The molecule has 0 amide bonds. The van der Waals surface area contributed by atoms with Crippen LogP contribution in [0.4, 0.5) is 0 Å². The summed E-state index contributed by atoms with van der Waals surface area (Å²) in [7, 11) is -2.72. The molecule has 0 fully saturated rings. The van der Waals surface area contributed by atoms with Crippen LogP contribution >= 0.6 is 14.3 Å². The van der Waals surface area contributed by atoms with Crippen LogP contribution in [0.1, 0.15) is 58.4 Å². The number of aryl methyl sites for hydroxylation is 2. The third-order valence-electron chi connectivity index (χ3n) is 17.1. The van der Waals surface area contributed by atoms with Crippen LogP contribution in [0.25, 0.3) is 11.1 Å². The van der Waals surface area contributed by atoms with Gasteiger partial charge in [0.25, 0.3) is 0 Å². The summed E-state index contributed by atoms with van der Waals surface area (Å²) in [6, 6.07) is 101. The van der Waals surface area contributed by atoms with E-state index in [4.69, 9.17) is 18.9 Å². The second-order valence-corrected chi connectivity index (χ2v) is 28.3. The molecule has 0 bridgehead atoms. The van der Waals surface area contributed by atoms with Gasteiger partial charge < -0.3 is 28.1 Å². The third-order valence-corrected chi connectivity index (χ3v) is 23.2. The Bertz CT molecular complexity index is 4390. The molecule has 6 nitrogen and oxygen atoms in total. The number of hydrogen-bond acceptors (Lipinski definition) is 6. The molecule has 0 aliphatic heterocycles. The van der Waals surface area contributed by atoms with Crippen molar-refractivity contribution in [3.05, 3.63) is 348 Å². The second-order valence-electron chi connectivity index (χ2n) is 22.7. The van der Waals surface area contributed by atoms with Crippen molar-refractivity contribution in [3.63, 3.8) is 0 Å². The van der Waals surface area contributed by atoms with E-state index in [1.54, 1.807) is 14.2 Å². The minimum absolute atomic E-state index is 0.166. The summed E-state index contributed by atoms with van der Waals surface area (Å²) in [6.45, 7) is 8.50. The summed E-state index contributed by atoms with van der Waals surface area (Å²) >= 11 is 0. The predicted molar refractivity (Wildman–Crippen MR) is 363 cm³/mol. The van der Waals surface area contributed by atoms with Crippen LogP contribution in [-0.4, -0.2) is 14.2 Å². The van der Waals surface area contributed by atoms with Gasteiger partial charge in [-0.15, -0.1) is 0 Å². The van der Waals surface area contributed by atoms with Gasteiger partial charge in [-0.1, -0.05) is 231 Å². The maximum absolute atomic E-state index is 14.9. The zero-order valence-corrected chi connectivity index (χ0v) is 52.0. The fraction of sp³-hybridized carbons (Fsp3) is 0.100. The molecule has 12 aromatic rings. The normalized spacial score (nSPS) is 13.5. The Morgan fingerprint density at radius 2 is 0.557 bits per heavy atom. The standard InChI is InChI=1S/C45H35O3P.C35H33O3P/c1-32-16-28-39(29-17-32)49(46,38-10-4-3-5-11-38)40-30-26-37(27-31-40)48-36-24-20-34(21-25-36)45(33-18-22-35(47-2)23-19-33)43-14-8-6-12-41(43)42-13-7-9-15-44(42)45;1-26-10-22-33(23-11-26)39(36,32-8-6-5-7-9-32)34-24-20-31(21-25-34)38-30-18-14-28(15-19-30)35(2,3)27-12-16-29(37-4)17-13-27/h3-31H,1-2H3;5-25H,1-4H3. The first-order valence-electron chi connectivity index (χ1n) is 29.5. The SMILES string of the molecule is COc1ccc(C(C)(C)c2ccc(Oc3ccc(P(=O)(c4ccccc4)c4ccc(C)cc4)cc3)cc2)cc1.COc1ccc(C2(c3ccc(Oc4ccc(P(=O)(c5ccccc5)c5ccc(C)cc5)cc4)cc3)c3ccccc3-c3ccccc32)cc1. The lowest BCUT2D eigenvalue weighted by Crippen LogP contribution is -2.28. The van der Waals surface area contributed by atoms with E-state index < -0.39 is 19.7 Å². The van der Waals surface area contributed by atoms with Crippen LogP contribution in [-0.2, 0) is 20.0 Å². The highest BCUT2D eigenvalue weighted by molar-refractivity contribution is 7.85. The molecule has 0 spiro atoms. The van der Waals surface area contributed by atoms with Gasteiger partial charge in [0.2, 0.25) is 0 Å². The number of ether oxygens (including phenoxy) is 4. The van der Waals surface area contributed by atoms with Crippen LogP contribution in [0.15, 0.2) is 303 Å². The Balaban J connectivity index is 0.000000176. The quantitative estimate of drug-likeness (QED) is 0.0898. The van der Waals surface area contributed by atoms with E-state index in [0.29, 0.717) is 11.5 Å². The Hall–Kier alpha value is -9.70. The summed E-state index contributed by atoms with van der Waals surface area (Å²) in [6.07, 6.45) is 0. The van der Waals surface area contributed by atoms with Crippen LogP contribution in [0.5, 0.6) is 34.5 Å². The molecule has 2 atom stereocenters. The van der Waals surface area contributed by atoms with Crippen molar-refractivity contribution in [2.45, 2.75) is 38.5 Å². The molecule has 12 aromatic carbocycles. The maximum Gasteiger partial charge on any atom is 0.171 e. The molecule has 434 valence electrons. The molecule has 0 heterocycles. The number of rotatable bonds is 16. The Morgan fingerprint density at radius 3 is 0.898 bits per heavy atom.